The second-order valence-electron chi connectivity index (χ2n) is 8.97. The molecule has 0 spiro atoms. The number of aliphatic carboxylic acids is 1. The topological polar surface area (TPSA) is 74.2 Å². The predicted octanol–water partition coefficient (Wildman–Crippen LogP) is 5.16. The maximum atomic E-state index is 11.9. The fourth-order valence-corrected chi connectivity index (χ4v) is 4.15. The predicted molar refractivity (Wildman–Crippen MR) is 113 cm³/mol. The number of benzene rings is 1. The van der Waals surface area contributed by atoms with Crippen molar-refractivity contribution in [2.75, 3.05) is 19.8 Å². The van der Waals surface area contributed by atoms with Gasteiger partial charge in [0, 0.05) is 11.5 Å². The highest BCUT2D eigenvalue weighted by Crippen LogP contribution is 2.39. The molecule has 1 N–H and O–H groups in total. The number of unbranched alkanes of at least 4 members (excludes halogenated alkanes) is 5. The number of hydrogen-bond donors (Lipinski definition) is 1. The molecule has 0 saturated carbocycles. The maximum absolute atomic E-state index is 11.9. The lowest BCUT2D eigenvalue weighted by Crippen LogP contribution is -2.40. The maximum Gasteiger partial charge on any atom is 0.343 e. The first-order valence-electron chi connectivity index (χ1n) is 11.3. The molecule has 0 radical (unpaired) electrons. The minimum atomic E-state index is -1.49. The summed E-state index contributed by atoms with van der Waals surface area (Å²) in [4.78, 5) is 11.9. The van der Waals surface area contributed by atoms with Gasteiger partial charge in [0.15, 0.2) is 12.1 Å². The van der Waals surface area contributed by atoms with Crippen LogP contribution in [0.25, 0.3) is 0 Å². The van der Waals surface area contributed by atoms with Crippen molar-refractivity contribution in [3.8, 4) is 0 Å². The van der Waals surface area contributed by atoms with E-state index in [2.05, 4.69) is 6.92 Å². The van der Waals surface area contributed by atoms with E-state index < -0.39 is 23.6 Å². The molecule has 1 aromatic rings. The van der Waals surface area contributed by atoms with Gasteiger partial charge in [-0.3, -0.25) is 0 Å². The first-order valence-corrected chi connectivity index (χ1v) is 11.3. The van der Waals surface area contributed by atoms with Gasteiger partial charge in [0.25, 0.3) is 0 Å². The molecule has 2 saturated heterocycles. The van der Waals surface area contributed by atoms with Crippen LogP contribution in [0.4, 0.5) is 0 Å². The lowest BCUT2D eigenvalue weighted by Gasteiger charge is -2.30. The molecule has 0 amide bonds. The number of carboxylic acids is 1. The Labute approximate surface area is 179 Å². The van der Waals surface area contributed by atoms with Crippen LogP contribution in [0.2, 0.25) is 0 Å². The Kier molecular flexibility index (Phi) is 7.91. The van der Waals surface area contributed by atoms with Crippen LogP contribution in [-0.2, 0) is 29.3 Å². The average Bonchev–Trinajstić information content (AvgIpc) is 3.08. The molecule has 30 heavy (non-hydrogen) atoms. The average molecular weight is 421 g/mol. The van der Waals surface area contributed by atoms with Crippen LogP contribution in [0, 0.1) is 5.92 Å². The van der Waals surface area contributed by atoms with Crippen molar-refractivity contribution in [2.24, 2.45) is 5.92 Å². The van der Waals surface area contributed by atoms with Crippen LogP contribution in [0.3, 0.4) is 0 Å². The smallest absolute Gasteiger partial charge is 0.343 e. The van der Waals surface area contributed by atoms with Gasteiger partial charge in [-0.1, -0.05) is 69.7 Å². The molecule has 2 heterocycles. The third kappa shape index (κ3) is 5.61. The van der Waals surface area contributed by atoms with Crippen LogP contribution in [0.1, 0.15) is 83.1 Å². The van der Waals surface area contributed by atoms with Gasteiger partial charge >= 0.3 is 5.97 Å². The van der Waals surface area contributed by atoms with Crippen molar-refractivity contribution in [2.45, 2.75) is 83.4 Å². The second-order valence-corrected chi connectivity index (χ2v) is 8.97. The van der Waals surface area contributed by atoms with E-state index in [9.17, 15) is 9.90 Å². The van der Waals surface area contributed by atoms with Crippen LogP contribution < -0.4 is 0 Å². The van der Waals surface area contributed by atoms with Crippen LogP contribution >= 0.6 is 0 Å². The third-order valence-electron chi connectivity index (χ3n) is 5.97. The van der Waals surface area contributed by atoms with Crippen LogP contribution in [0.15, 0.2) is 24.3 Å². The molecule has 1 aromatic carbocycles. The SMILES string of the molecule is CCCCCCCCC1COC(c2ccc([C@]3(C(=O)O)COC(C)(C)O3)cc2)OC1. The van der Waals surface area contributed by atoms with Gasteiger partial charge in [0.05, 0.1) is 19.8 Å². The molecular formula is C24H36O6. The fraction of sp³-hybridized carbons (Fsp3) is 0.708. The zero-order valence-corrected chi connectivity index (χ0v) is 18.5. The summed E-state index contributed by atoms with van der Waals surface area (Å²) in [5.41, 5.74) is -0.0463. The highest BCUT2D eigenvalue weighted by molar-refractivity contribution is 5.80. The largest absolute Gasteiger partial charge is 0.479 e. The van der Waals surface area contributed by atoms with E-state index in [1.165, 1.54) is 38.5 Å². The molecule has 6 nitrogen and oxygen atoms in total. The molecule has 1 atom stereocenters. The van der Waals surface area contributed by atoms with Crippen LogP contribution in [-0.4, -0.2) is 36.7 Å². The normalized spacial score (nSPS) is 28.5. The van der Waals surface area contributed by atoms with E-state index in [0.29, 0.717) is 24.7 Å². The van der Waals surface area contributed by atoms with Crippen LogP contribution in [0.5, 0.6) is 0 Å². The molecule has 2 aliphatic heterocycles. The summed E-state index contributed by atoms with van der Waals surface area (Å²) >= 11 is 0. The molecule has 168 valence electrons. The first kappa shape index (κ1) is 23.2. The van der Waals surface area contributed by atoms with E-state index in [1.54, 1.807) is 26.0 Å². The van der Waals surface area contributed by atoms with Gasteiger partial charge in [-0.2, -0.15) is 0 Å². The molecule has 3 rings (SSSR count). The Morgan fingerprint density at radius 1 is 1.03 bits per heavy atom. The Morgan fingerprint density at radius 3 is 2.23 bits per heavy atom. The van der Waals surface area contributed by atoms with Crippen molar-refractivity contribution in [1.82, 2.24) is 0 Å². The van der Waals surface area contributed by atoms with Gasteiger partial charge in [-0.05, 0) is 25.8 Å². The number of carbonyl (C=O) groups is 1. The second kappa shape index (κ2) is 10.2. The quantitative estimate of drug-likeness (QED) is 0.527. The third-order valence-corrected chi connectivity index (χ3v) is 5.97. The minimum absolute atomic E-state index is 0.0226. The van der Waals surface area contributed by atoms with E-state index >= 15 is 0 Å². The number of rotatable bonds is 10. The summed E-state index contributed by atoms with van der Waals surface area (Å²) in [6.07, 6.45) is 8.53. The van der Waals surface area contributed by atoms with E-state index in [4.69, 9.17) is 18.9 Å². The summed E-state index contributed by atoms with van der Waals surface area (Å²) in [5.74, 6) is -1.53. The fourth-order valence-electron chi connectivity index (χ4n) is 4.15. The van der Waals surface area contributed by atoms with E-state index in [0.717, 1.165) is 12.0 Å². The Bertz CT molecular complexity index is 677. The molecule has 0 bridgehead atoms. The van der Waals surface area contributed by atoms with Gasteiger partial charge in [-0.15, -0.1) is 0 Å². The molecule has 0 unspecified atom stereocenters. The van der Waals surface area contributed by atoms with E-state index in [1.807, 2.05) is 12.1 Å². The monoisotopic (exact) mass is 420 g/mol. The summed E-state index contributed by atoms with van der Waals surface area (Å²) in [6, 6.07) is 7.24. The number of carboxylic acid groups (broad SMARTS) is 1. The Morgan fingerprint density at radius 2 is 1.67 bits per heavy atom. The highest BCUT2D eigenvalue weighted by atomic mass is 16.8. The summed E-state index contributed by atoms with van der Waals surface area (Å²) in [7, 11) is 0. The van der Waals surface area contributed by atoms with E-state index in [-0.39, 0.29) is 6.61 Å². The highest BCUT2D eigenvalue weighted by Gasteiger charge is 2.52. The molecule has 6 heteroatoms. The molecule has 2 aliphatic rings. The first-order chi connectivity index (χ1) is 14.4. The van der Waals surface area contributed by atoms with Crippen molar-refractivity contribution < 1.29 is 28.8 Å². The Balaban J connectivity index is 1.50. The standard InChI is InChI=1S/C24H36O6/c1-4-5-6-7-8-9-10-18-15-27-21(28-16-18)19-11-13-20(14-12-19)24(22(25)26)17-29-23(2,3)30-24/h11-14,18,21H,4-10,15-17H2,1-3H3,(H,25,26)/t18?,21?,24-/m0/s1. The summed E-state index contributed by atoms with van der Waals surface area (Å²) < 4.78 is 23.2. The van der Waals surface area contributed by atoms with Crippen molar-refractivity contribution in [3.05, 3.63) is 35.4 Å². The number of hydrogen-bond acceptors (Lipinski definition) is 5. The van der Waals surface area contributed by atoms with Crippen molar-refractivity contribution in [1.29, 1.82) is 0 Å². The lowest BCUT2D eigenvalue weighted by atomic mass is 9.93. The van der Waals surface area contributed by atoms with Crippen molar-refractivity contribution >= 4 is 5.97 Å². The minimum Gasteiger partial charge on any atom is -0.479 e. The van der Waals surface area contributed by atoms with Gasteiger partial charge < -0.3 is 24.1 Å². The van der Waals surface area contributed by atoms with Gasteiger partial charge in [-0.25, -0.2) is 4.79 Å². The number of ether oxygens (including phenoxy) is 4. The summed E-state index contributed by atoms with van der Waals surface area (Å²) in [5, 5.41) is 9.77. The molecule has 2 fully saturated rings. The lowest BCUT2D eigenvalue weighted by molar-refractivity contribution is -0.206. The summed E-state index contributed by atoms with van der Waals surface area (Å²) in [6.45, 7) is 7.06. The molecular weight excluding hydrogens is 384 g/mol. The zero-order valence-electron chi connectivity index (χ0n) is 18.5. The van der Waals surface area contributed by atoms with Crippen molar-refractivity contribution in [3.63, 3.8) is 0 Å². The zero-order chi connectivity index (χ0) is 21.6. The van der Waals surface area contributed by atoms with Gasteiger partial charge in [0.2, 0.25) is 5.60 Å². The Hall–Kier alpha value is -1.47. The van der Waals surface area contributed by atoms with Gasteiger partial charge in [0.1, 0.15) is 0 Å². The molecule has 0 aliphatic carbocycles. The molecule has 0 aromatic heterocycles.